The van der Waals surface area contributed by atoms with Gasteiger partial charge in [-0.05, 0) is 50.0 Å². The van der Waals surface area contributed by atoms with Crippen molar-refractivity contribution in [3.8, 4) is 0 Å². The second kappa shape index (κ2) is 36.9. The van der Waals surface area contributed by atoms with Gasteiger partial charge >= 0.3 is 11.9 Å². The van der Waals surface area contributed by atoms with Crippen LogP contribution in [0.25, 0.3) is 0 Å². The Hall–Kier alpha value is -2.45. The lowest BCUT2D eigenvalue weighted by atomic mass is 10.0. The van der Waals surface area contributed by atoms with Crippen molar-refractivity contribution >= 4 is 22.1 Å². The topological polar surface area (TPSA) is 107 Å². The molecule has 7 nitrogen and oxygen atoms in total. The lowest BCUT2D eigenvalue weighted by Gasteiger charge is -2.10. The summed E-state index contributed by atoms with van der Waals surface area (Å²) < 4.78 is 44.4. The molecule has 0 atom stereocenters. The van der Waals surface area contributed by atoms with Crippen LogP contribution in [0.15, 0.2) is 47.8 Å². The SMILES string of the molecule is CCCCCCCCCCCCCCCCCC/C=C/OC(=O)c1cccc(S(=O)(=O)O)c1C(=O)O/C=C/CCCCCCCCCCCCCCCCCC. The Morgan fingerprint density at radius 3 is 1.11 bits per heavy atom. The van der Waals surface area contributed by atoms with E-state index in [1.807, 2.05) is 0 Å². The zero-order valence-electron chi connectivity index (χ0n) is 35.9. The summed E-state index contributed by atoms with van der Waals surface area (Å²) >= 11 is 0. The largest absolute Gasteiger partial charge is 0.431 e. The number of unbranched alkanes of at least 4 members (excludes halogenated alkanes) is 32. The minimum absolute atomic E-state index is 0.289. The summed E-state index contributed by atoms with van der Waals surface area (Å²) in [5.74, 6) is -1.95. The average molecular weight is 803 g/mol. The van der Waals surface area contributed by atoms with Crippen molar-refractivity contribution in [2.45, 2.75) is 237 Å². The summed E-state index contributed by atoms with van der Waals surface area (Å²) in [6.45, 7) is 4.53. The Morgan fingerprint density at radius 2 is 0.786 bits per heavy atom. The Bertz CT molecular complexity index is 1270. The Morgan fingerprint density at radius 1 is 0.482 bits per heavy atom. The van der Waals surface area contributed by atoms with E-state index in [1.165, 1.54) is 204 Å². The first-order valence-electron chi connectivity index (χ1n) is 23.1. The fraction of sp³-hybridized carbons (Fsp3) is 0.750. The second-order valence-electron chi connectivity index (χ2n) is 15.9. The Kier molecular flexibility index (Phi) is 33.9. The molecule has 0 amide bonds. The summed E-state index contributed by atoms with van der Waals surface area (Å²) in [4.78, 5) is 25.2. The van der Waals surface area contributed by atoms with Crippen LogP contribution in [0.5, 0.6) is 0 Å². The maximum atomic E-state index is 13.0. The quantitative estimate of drug-likeness (QED) is 0.0306. The highest BCUT2D eigenvalue weighted by Gasteiger charge is 2.28. The average Bonchev–Trinajstić information content (AvgIpc) is 3.18. The van der Waals surface area contributed by atoms with Gasteiger partial charge in [0.25, 0.3) is 10.1 Å². The lowest BCUT2D eigenvalue weighted by Crippen LogP contribution is -2.16. The molecule has 1 aromatic carbocycles. The molecule has 0 saturated carbocycles. The number of hydrogen-bond acceptors (Lipinski definition) is 6. The number of carbonyl (C=O) groups is 2. The van der Waals surface area contributed by atoms with E-state index < -0.39 is 32.5 Å². The fourth-order valence-corrected chi connectivity index (χ4v) is 7.93. The van der Waals surface area contributed by atoms with Gasteiger partial charge in [-0.3, -0.25) is 4.55 Å². The molecule has 0 aliphatic carbocycles. The molecule has 1 aromatic rings. The van der Waals surface area contributed by atoms with Crippen molar-refractivity contribution in [3.63, 3.8) is 0 Å². The van der Waals surface area contributed by atoms with E-state index in [9.17, 15) is 22.6 Å². The van der Waals surface area contributed by atoms with Gasteiger partial charge in [-0.1, -0.05) is 213 Å². The normalized spacial score (nSPS) is 11.9. The fourth-order valence-electron chi connectivity index (χ4n) is 7.23. The number of ether oxygens (including phenoxy) is 2. The highest BCUT2D eigenvalue weighted by atomic mass is 32.2. The Labute approximate surface area is 344 Å². The molecule has 0 spiro atoms. The van der Waals surface area contributed by atoms with Gasteiger partial charge in [-0.15, -0.1) is 0 Å². The minimum atomic E-state index is -4.80. The number of rotatable bonds is 39. The van der Waals surface area contributed by atoms with Crippen LogP contribution in [0, 0.1) is 0 Å². The van der Waals surface area contributed by atoms with Crippen molar-refractivity contribution in [1.82, 2.24) is 0 Å². The van der Waals surface area contributed by atoms with Crippen molar-refractivity contribution in [3.05, 3.63) is 54.0 Å². The van der Waals surface area contributed by atoms with E-state index in [0.717, 1.165) is 38.2 Å². The van der Waals surface area contributed by atoms with Gasteiger partial charge in [0.1, 0.15) is 4.90 Å². The van der Waals surface area contributed by atoms with Gasteiger partial charge in [0.05, 0.1) is 23.7 Å². The molecule has 56 heavy (non-hydrogen) atoms. The third kappa shape index (κ3) is 28.9. The molecule has 0 radical (unpaired) electrons. The number of benzene rings is 1. The molecule has 0 saturated heterocycles. The van der Waals surface area contributed by atoms with Crippen LogP contribution in [-0.4, -0.2) is 24.9 Å². The van der Waals surface area contributed by atoms with Gasteiger partial charge in [0.2, 0.25) is 0 Å². The monoisotopic (exact) mass is 803 g/mol. The number of allylic oxidation sites excluding steroid dienone is 2. The molecule has 0 bridgehead atoms. The first kappa shape index (κ1) is 51.6. The van der Waals surface area contributed by atoms with Crippen molar-refractivity contribution in [1.29, 1.82) is 0 Å². The Balaban J connectivity index is 2.25. The molecule has 0 fully saturated rings. The molecular formula is C48H82O7S. The van der Waals surface area contributed by atoms with E-state index in [1.54, 1.807) is 12.2 Å². The smallest absolute Gasteiger partial charge is 0.345 e. The van der Waals surface area contributed by atoms with E-state index in [0.29, 0.717) is 6.42 Å². The third-order valence-electron chi connectivity index (χ3n) is 10.7. The standard InChI is InChI=1S/C48H82O7S/c1-3-5-7-9-11-13-15-17-19-21-23-25-27-29-31-33-35-37-42-54-47(49)44-40-39-41-45(56(51,52)53)46(44)48(50)55-43-38-36-34-32-30-28-26-24-22-20-18-16-14-12-10-8-6-4-2/h37-43H,3-36H2,1-2H3,(H,51,52,53)/b42-37+,43-38+. The van der Waals surface area contributed by atoms with Crippen molar-refractivity contribution in [2.24, 2.45) is 0 Å². The molecule has 0 aliphatic heterocycles. The van der Waals surface area contributed by atoms with Crippen LogP contribution >= 0.6 is 0 Å². The summed E-state index contributed by atoms with van der Waals surface area (Å²) in [7, 11) is -4.80. The van der Waals surface area contributed by atoms with Crippen LogP contribution < -0.4 is 0 Å². The molecule has 0 heterocycles. The van der Waals surface area contributed by atoms with Crippen molar-refractivity contribution < 1.29 is 32.0 Å². The molecule has 322 valence electrons. The summed E-state index contributed by atoms with van der Waals surface area (Å²) in [6.07, 6.45) is 49.1. The van der Waals surface area contributed by atoms with Crippen LogP contribution in [0.4, 0.5) is 0 Å². The van der Waals surface area contributed by atoms with Crippen LogP contribution in [0.2, 0.25) is 0 Å². The number of hydrogen-bond donors (Lipinski definition) is 1. The number of carbonyl (C=O) groups excluding carboxylic acids is 2. The maximum Gasteiger partial charge on any atom is 0.345 e. The molecule has 0 aliphatic rings. The van der Waals surface area contributed by atoms with Crippen molar-refractivity contribution in [2.75, 3.05) is 0 Å². The minimum Gasteiger partial charge on any atom is -0.431 e. The number of esters is 2. The molecule has 8 heteroatoms. The van der Waals surface area contributed by atoms with Crippen LogP contribution in [-0.2, 0) is 19.6 Å². The molecule has 0 aromatic heterocycles. The predicted molar refractivity (Wildman–Crippen MR) is 234 cm³/mol. The second-order valence-corrected chi connectivity index (χ2v) is 17.3. The first-order valence-corrected chi connectivity index (χ1v) is 24.6. The van der Waals surface area contributed by atoms with E-state index in [2.05, 4.69) is 13.8 Å². The maximum absolute atomic E-state index is 13.0. The van der Waals surface area contributed by atoms with Gasteiger partial charge in [-0.25, -0.2) is 9.59 Å². The summed E-state index contributed by atoms with van der Waals surface area (Å²) in [5.41, 5.74) is -0.832. The molecule has 0 unspecified atom stereocenters. The van der Waals surface area contributed by atoms with E-state index in [-0.39, 0.29) is 5.56 Å². The summed E-state index contributed by atoms with van der Waals surface area (Å²) in [5, 5.41) is 0. The highest BCUT2D eigenvalue weighted by molar-refractivity contribution is 7.86. The summed E-state index contributed by atoms with van der Waals surface area (Å²) in [6, 6.07) is 3.64. The molecule has 1 N–H and O–H groups in total. The first-order chi connectivity index (χ1) is 27.3. The van der Waals surface area contributed by atoms with Gasteiger partial charge in [0, 0.05) is 0 Å². The van der Waals surface area contributed by atoms with Crippen LogP contribution in [0.3, 0.4) is 0 Å². The van der Waals surface area contributed by atoms with E-state index in [4.69, 9.17) is 9.47 Å². The zero-order chi connectivity index (χ0) is 40.8. The zero-order valence-corrected chi connectivity index (χ0v) is 36.7. The lowest BCUT2D eigenvalue weighted by molar-refractivity contribution is 0.0614. The molecular weight excluding hydrogens is 721 g/mol. The third-order valence-corrected chi connectivity index (χ3v) is 11.6. The van der Waals surface area contributed by atoms with E-state index >= 15 is 0 Å². The predicted octanol–water partition coefficient (Wildman–Crippen LogP) is 15.6. The van der Waals surface area contributed by atoms with Gasteiger partial charge < -0.3 is 9.47 Å². The van der Waals surface area contributed by atoms with Gasteiger partial charge in [-0.2, -0.15) is 8.42 Å². The van der Waals surface area contributed by atoms with Gasteiger partial charge in [0.15, 0.2) is 0 Å². The van der Waals surface area contributed by atoms with Crippen LogP contribution in [0.1, 0.15) is 253 Å². The highest BCUT2D eigenvalue weighted by Crippen LogP contribution is 2.23. The molecule has 1 rings (SSSR count).